The molecule has 0 radical (unpaired) electrons. The standard InChI is InChI=1S/C24H22ClNO6S/c1-29-19-13-21(31-3)20(30-2)12-17(19)24(28)32-14-23(27)26-18-6-4-5-7-22(18)33-16-10-8-15(25)9-11-16/h4-13H,14H2,1-3H3,(H,26,27). The molecule has 3 rings (SSSR count). The van der Waals surface area contributed by atoms with Gasteiger partial charge in [-0.25, -0.2) is 4.79 Å². The number of anilines is 1. The molecule has 1 N–H and O–H groups in total. The Kier molecular flexibility index (Phi) is 8.46. The van der Waals surface area contributed by atoms with Crippen LogP contribution in [0.3, 0.4) is 0 Å². The molecule has 0 saturated carbocycles. The Balaban J connectivity index is 1.66. The largest absolute Gasteiger partial charge is 0.496 e. The number of amides is 1. The first kappa shape index (κ1) is 24.3. The number of ether oxygens (including phenoxy) is 4. The normalized spacial score (nSPS) is 10.3. The van der Waals surface area contributed by atoms with Crippen LogP contribution in [0.2, 0.25) is 5.02 Å². The summed E-state index contributed by atoms with van der Waals surface area (Å²) in [6.45, 7) is -0.476. The maximum absolute atomic E-state index is 12.6. The highest BCUT2D eigenvalue weighted by molar-refractivity contribution is 7.99. The molecule has 0 bridgehead atoms. The van der Waals surface area contributed by atoms with E-state index in [1.54, 1.807) is 18.2 Å². The fourth-order valence-corrected chi connectivity index (χ4v) is 3.90. The average Bonchev–Trinajstić information content (AvgIpc) is 2.84. The Bertz CT molecular complexity index is 1140. The molecule has 33 heavy (non-hydrogen) atoms. The van der Waals surface area contributed by atoms with E-state index in [-0.39, 0.29) is 11.3 Å². The van der Waals surface area contributed by atoms with E-state index in [0.717, 1.165) is 9.79 Å². The van der Waals surface area contributed by atoms with E-state index in [1.165, 1.54) is 45.2 Å². The SMILES string of the molecule is COc1cc(OC)c(C(=O)OCC(=O)Nc2ccccc2Sc2ccc(Cl)cc2)cc1OC. The molecule has 0 atom stereocenters. The first-order valence-electron chi connectivity index (χ1n) is 9.74. The highest BCUT2D eigenvalue weighted by atomic mass is 35.5. The molecule has 0 heterocycles. The highest BCUT2D eigenvalue weighted by Crippen LogP contribution is 2.35. The van der Waals surface area contributed by atoms with Gasteiger partial charge >= 0.3 is 5.97 Å². The minimum atomic E-state index is -0.730. The average molecular weight is 488 g/mol. The van der Waals surface area contributed by atoms with Crippen LogP contribution in [0.5, 0.6) is 17.2 Å². The Morgan fingerprint density at radius 1 is 0.879 bits per heavy atom. The van der Waals surface area contributed by atoms with Gasteiger partial charge in [0.15, 0.2) is 18.1 Å². The van der Waals surface area contributed by atoms with E-state index in [4.69, 9.17) is 30.5 Å². The fourth-order valence-electron chi connectivity index (χ4n) is 2.87. The summed E-state index contributed by atoms with van der Waals surface area (Å²) in [7, 11) is 4.34. The first-order valence-corrected chi connectivity index (χ1v) is 10.9. The first-order chi connectivity index (χ1) is 15.9. The number of nitrogens with one attached hydrogen (secondary N) is 1. The summed E-state index contributed by atoms with van der Waals surface area (Å²) in [5.41, 5.74) is 0.712. The molecule has 1 amide bonds. The molecule has 0 unspecified atom stereocenters. The lowest BCUT2D eigenvalue weighted by Gasteiger charge is -2.14. The van der Waals surface area contributed by atoms with Gasteiger partial charge in [0, 0.05) is 26.9 Å². The highest BCUT2D eigenvalue weighted by Gasteiger charge is 2.20. The Morgan fingerprint density at radius 3 is 2.18 bits per heavy atom. The molecule has 0 fully saturated rings. The molecule has 172 valence electrons. The number of benzene rings is 3. The van der Waals surface area contributed by atoms with Gasteiger partial charge in [-0.15, -0.1) is 0 Å². The second-order valence-corrected chi connectivity index (χ2v) is 8.14. The monoisotopic (exact) mass is 487 g/mol. The maximum Gasteiger partial charge on any atom is 0.342 e. The van der Waals surface area contributed by atoms with Crippen molar-refractivity contribution in [2.75, 3.05) is 33.3 Å². The molecule has 0 spiro atoms. The second-order valence-electron chi connectivity index (χ2n) is 6.58. The summed E-state index contributed by atoms with van der Waals surface area (Å²) in [5.74, 6) is -0.234. The van der Waals surface area contributed by atoms with Crippen molar-refractivity contribution in [3.8, 4) is 17.2 Å². The third kappa shape index (κ3) is 6.34. The Morgan fingerprint density at radius 2 is 1.52 bits per heavy atom. The molecular formula is C24H22ClNO6S. The van der Waals surface area contributed by atoms with Crippen molar-refractivity contribution in [1.82, 2.24) is 0 Å². The van der Waals surface area contributed by atoms with E-state index in [1.807, 2.05) is 30.3 Å². The summed E-state index contributed by atoms with van der Waals surface area (Å²) >= 11 is 7.42. The lowest BCUT2D eigenvalue weighted by molar-refractivity contribution is -0.119. The minimum Gasteiger partial charge on any atom is -0.496 e. The van der Waals surface area contributed by atoms with Crippen LogP contribution in [0.15, 0.2) is 70.5 Å². The molecule has 3 aromatic carbocycles. The van der Waals surface area contributed by atoms with Crippen LogP contribution >= 0.6 is 23.4 Å². The van der Waals surface area contributed by atoms with Gasteiger partial charge in [-0.2, -0.15) is 0 Å². The summed E-state index contributed by atoms with van der Waals surface area (Å²) in [5, 5.41) is 3.43. The van der Waals surface area contributed by atoms with Gasteiger partial charge in [-0.1, -0.05) is 35.5 Å². The number of carbonyl (C=O) groups is 2. The zero-order valence-corrected chi connectivity index (χ0v) is 19.8. The zero-order valence-electron chi connectivity index (χ0n) is 18.2. The molecule has 0 aliphatic carbocycles. The van der Waals surface area contributed by atoms with Crippen molar-refractivity contribution < 1.29 is 28.5 Å². The van der Waals surface area contributed by atoms with Crippen LogP contribution in [0.25, 0.3) is 0 Å². The van der Waals surface area contributed by atoms with Crippen LogP contribution in [0, 0.1) is 0 Å². The van der Waals surface area contributed by atoms with E-state index in [0.29, 0.717) is 22.2 Å². The van der Waals surface area contributed by atoms with Crippen molar-refractivity contribution in [3.63, 3.8) is 0 Å². The van der Waals surface area contributed by atoms with Crippen molar-refractivity contribution in [2.45, 2.75) is 9.79 Å². The van der Waals surface area contributed by atoms with Gasteiger partial charge in [0.1, 0.15) is 11.3 Å². The van der Waals surface area contributed by atoms with Crippen molar-refractivity contribution >= 4 is 40.9 Å². The van der Waals surface area contributed by atoms with E-state index >= 15 is 0 Å². The number of hydrogen-bond acceptors (Lipinski definition) is 7. The molecule has 0 aliphatic rings. The van der Waals surface area contributed by atoms with Gasteiger partial charge in [-0.3, -0.25) is 4.79 Å². The Labute approximate surface area is 200 Å². The molecule has 9 heteroatoms. The van der Waals surface area contributed by atoms with E-state index in [2.05, 4.69) is 5.32 Å². The number of esters is 1. The molecule has 7 nitrogen and oxygen atoms in total. The lowest BCUT2D eigenvalue weighted by atomic mass is 10.1. The van der Waals surface area contributed by atoms with Gasteiger partial charge in [0.2, 0.25) is 0 Å². The number of methoxy groups -OCH3 is 3. The molecule has 0 aromatic heterocycles. The smallest absolute Gasteiger partial charge is 0.342 e. The van der Waals surface area contributed by atoms with Crippen LogP contribution in [0.4, 0.5) is 5.69 Å². The second kappa shape index (κ2) is 11.5. The summed E-state index contributed by atoms with van der Waals surface area (Å²) < 4.78 is 20.9. The quantitative estimate of drug-likeness (QED) is 0.409. The van der Waals surface area contributed by atoms with Crippen LogP contribution < -0.4 is 19.5 Å². The predicted molar refractivity (Wildman–Crippen MR) is 127 cm³/mol. The molecule has 3 aromatic rings. The van der Waals surface area contributed by atoms with Crippen molar-refractivity contribution in [3.05, 3.63) is 71.2 Å². The summed E-state index contributed by atoms with van der Waals surface area (Å²) in [4.78, 5) is 26.9. The molecule has 0 saturated heterocycles. The van der Waals surface area contributed by atoms with Crippen LogP contribution in [-0.4, -0.2) is 39.8 Å². The Hall–Kier alpha value is -3.36. The van der Waals surface area contributed by atoms with Gasteiger partial charge in [-0.05, 0) is 36.4 Å². The minimum absolute atomic E-state index is 0.113. The lowest BCUT2D eigenvalue weighted by Crippen LogP contribution is -2.21. The van der Waals surface area contributed by atoms with Crippen LogP contribution in [0.1, 0.15) is 10.4 Å². The maximum atomic E-state index is 12.6. The number of rotatable bonds is 9. The van der Waals surface area contributed by atoms with Crippen molar-refractivity contribution in [1.29, 1.82) is 0 Å². The summed E-state index contributed by atoms with van der Waals surface area (Å²) in [6.07, 6.45) is 0. The summed E-state index contributed by atoms with van der Waals surface area (Å²) in [6, 6.07) is 17.7. The number of hydrogen-bond donors (Lipinski definition) is 1. The zero-order chi connectivity index (χ0) is 23.8. The van der Waals surface area contributed by atoms with Gasteiger partial charge in [0.25, 0.3) is 5.91 Å². The number of halogens is 1. The van der Waals surface area contributed by atoms with E-state index < -0.39 is 18.5 Å². The van der Waals surface area contributed by atoms with Gasteiger partial charge < -0.3 is 24.3 Å². The van der Waals surface area contributed by atoms with Gasteiger partial charge in [0.05, 0.1) is 27.0 Å². The topological polar surface area (TPSA) is 83.1 Å². The van der Waals surface area contributed by atoms with Crippen LogP contribution in [-0.2, 0) is 9.53 Å². The number of para-hydroxylation sites is 1. The van der Waals surface area contributed by atoms with E-state index in [9.17, 15) is 9.59 Å². The number of carbonyl (C=O) groups excluding carboxylic acids is 2. The third-order valence-electron chi connectivity index (χ3n) is 4.46. The third-order valence-corrected chi connectivity index (χ3v) is 5.80. The molecular weight excluding hydrogens is 466 g/mol. The fraction of sp³-hybridized carbons (Fsp3) is 0.167. The molecule has 0 aliphatic heterocycles. The predicted octanol–water partition coefficient (Wildman–Crippen LogP) is 5.31. The van der Waals surface area contributed by atoms with Crippen molar-refractivity contribution in [2.24, 2.45) is 0 Å².